The Morgan fingerprint density at radius 3 is 3.11 bits per heavy atom. The predicted octanol–water partition coefficient (Wildman–Crippen LogP) is -0.407. The Morgan fingerprint density at radius 2 is 2.33 bits per heavy atom. The maximum Gasteiger partial charge on any atom is 0.242 e. The van der Waals surface area contributed by atoms with Crippen LogP contribution in [0.5, 0.6) is 0 Å². The highest BCUT2D eigenvalue weighted by atomic mass is 16.2. The zero-order valence-corrected chi connectivity index (χ0v) is 10.1. The molecule has 2 amide bonds. The molecule has 2 aliphatic rings. The highest BCUT2D eigenvalue weighted by Gasteiger charge is 2.29. The van der Waals surface area contributed by atoms with Gasteiger partial charge in [0, 0.05) is 37.8 Å². The second-order valence-corrected chi connectivity index (χ2v) is 4.90. The van der Waals surface area contributed by atoms with Crippen molar-refractivity contribution in [1.82, 2.24) is 20.2 Å². The Bertz CT molecular complexity index is 482. The number of amides is 2. The molecule has 0 aromatic carbocycles. The minimum Gasteiger partial charge on any atom is -0.350 e. The van der Waals surface area contributed by atoms with Crippen molar-refractivity contribution in [2.24, 2.45) is 0 Å². The van der Waals surface area contributed by atoms with Gasteiger partial charge in [-0.2, -0.15) is 0 Å². The van der Waals surface area contributed by atoms with Crippen molar-refractivity contribution in [3.8, 4) is 0 Å². The lowest BCUT2D eigenvalue weighted by molar-refractivity contribution is -0.126. The third-order valence-electron chi connectivity index (χ3n) is 3.59. The molecule has 1 saturated heterocycles. The Morgan fingerprint density at radius 1 is 1.44 bits per heavy atom. The molecule has 0 aliphatic carbocycles. The number of nitrogens with zero attached hydrogens (tertiary/aromatic N) is 2. The molecular weight excluding hydrogens is 232 g/mol. The van der Waals surface area contributed by atoms with Gasteiger partial charge in [-0.1, -0.05) is 0 Å². The first kappa shape index (κ1) is 11.3. The van der Waals surface area contributed by atoms with Gasteiger partial charge in [0.05, 0.1) is 0 Å². The Hall–Kier alpha value is -1.85. The Balaban J connectivity index is 1.58. The number of aromatic nitrogens is 2. The maximum absolute atomic E-state index is 12.0. The molecule has 0 saturated carbocycles. The first-order valence-corrected chi connectivity index (χ1v) is 6.32. The van der Waals surface area contributed by atoms with Crippen LogP contribution in [0.1, 0.15) is 25.1 Å². The van der Waals surface area contributed by atoms with E-state index in [1.165, 1.54) is 0 Å². The molecule has 3 rings (SSSR count). The minimum atomic E-state index is -0.346. The molecule has 1 fully saturated rings. The van der Waals surface area contributed by atoms with E-state index in [2.05, 4.69) is 20.2 Å². The number of hydrogen-bond donors (Lipinski definition) is 2. The van der Waals surface area contributed by atoms with Gasteiger partial charge in [-0.15, -0.1) is 0 Å². The summed E-state index contributed by atoms with van der Waals surface area (Å²) in [6, 6.07) is -0.210. The molecule has 2 atom stereocenters. The van der Waals surface area contributed by atoms with Crippen molar-refractivity contribution < 1.29 is 9.59 Å². The quantitative estimate of drug-likeness (QED) is 0.747. The van der Waals surface area contributed by atoms with Gasteiger partial charge in [0.15, 0.2) is 0 Å². The average molecular weight is 248 g/mol. The van der Waals surface area contributed by atoms with Crippen LogP contribution in [-0.2, 0) is 22.6 Å². The molecule has 1 aromatic rings. The molecule has 2 aliphatic heterocycles. The third kappa shape index (κ3) is 2.10. The van der Waals surface area contributed by atoms with Gasteiger partial charge in [-0.05, 0) is 12.8 Å². The van der Waals surface area contributed by atoms with E-state index in [0.29, 0.717) is 12.8 Å². The first-order chi connectivity index (χ1) is 8.72. The molecule has 6 heteroatoms. The summed E-state index contributed by atoms with van der Waals surface area (Å²) in [6.45, 7) is 0.766. The van der Waals surface area contributed by atoms with E-state index in [0.717, 1.165) is 25.2 Å². The van der Waals surface area contributed by atoms with E-state index in [9.17, 15) is 9.59 Å². The Kier molecular flexibility index (Phi) is 2.77. The number of rotatable bonds is 2. The molecule has 6 nitrogen and oxygen atoms in total. The topological polar surface area (TPSA) is 76.0 Å². The second-order valence-electron chi connectivity index (χ2n) is 4.90. The van der Waals surface area contributed by atoms with E-state index in [-0.39, 0.29) is 23.9 Å². The fourth-order valence-corrected chi connectivity index (χ4v) is 2.60. The number of nitrogens with one attached hydrogen (secondary N) is 2. The monoisotopic (exact) mass is 248 g/mol. The lowest BCUT2D eigenvalue weighted by Gasteiger charge is -2.25. The molecule has 96 valence electrons. The molecule has 0 spiro atoms. The summed E-state index contributed by atoms with van der Waals surface area (Å²) in [7, 11) is 0. The number of hydrogen-bond acceptors (Lipinski definition) is 3. The van der Waals surface area contributed by atoms with Crippen molar-refractivity contribution in [2.45, 2.75) is 44.3 Å². The van der Waals surface area contributed by atoms with Gasteiger partial charge in [0.2, 0.25) is 11.8 Å². The van der Waals surface area contributed by atoms with Crippen LogP contribution >= 0.6 is 0 Å². The smallest absolute Gasteiger partial charge is 0.242 e. The van der Waals surface area contributed by atoms with E-state index in [1.54, 1.807) is 6.20 Å². The molecular formula is C12H16N4O2. The van der Waals surface area contributed by atoms with Crippen LogP contribution in [-0.4, -0.2) is 33.4 Å². The van der Waals surface area contributed by atoms with Crippen LogP contribution in [0.15, 0.2) is 12.4 Å². The zero-order valence-electron chi connectivity index (χ0n) is 10.1. The summed E-state index contributed by atoms with van der Waals surface area (Å²) in [4.78, 5) is 27.3. The van der Waals surface area contributed by atoms with Crippen LogP contribution in [0.4, 0.5) is 0 Å². The number of carbonyl (C=O) groups is 2. The summed E-state index contributed by atoms with van der Waals surface area (Å²) in [5, 5.41) is 5.70. The normalized spacial score (nSPS) is 26.6. The van der Waals surface area contributed by atoms with Crippen LogP contribution in [0.2, 0.25) is 0 Å². The van der Waals surface area contributed by atoms with Crippen molar-refractivity contribution in [3.63, 3.8) is 0 Å². The molecule has 2 N–H and O–H groups in total. The van der Waals surface area contributed by atoms with E-state index >= 15 is 0 Å². The van der Waals surface area contributed by atoms with Gasteiger partial charge in [-0.25, -0.2) is 4.98 Å². The standard InChI is InChI=1S/C12H16N4O2/c17-11-4-2-9(15-11)12(18)14-8-1-3-10-13-5-6-16(10)7-8/h5-6,8-9H,1-4,7H2,(H,14,18)(H,15,17)/t8-,9-/m0/s1. The van der Waals surface area contributed by atoms with Crippen LogP contribution in [0, 0.1) is 0 Å². The molecule has 0 unspecified atom stereocenters. The van der Waals surface area contributed by atoms with Crippen LogP contribution in [0.3, 0.4) is 0 Å². The number of aryl methyl sites for hydroxylation is 1. The van der Waals surface area contributed by atoms with E-state index < -0.39 is 0 Å². The number of carbonyl (C=O) groups excluding carboxylic acids is 2. The molecule has 3 heterocycles. The van der Waals surface area contributed by atoms with E-state index in [1.807, 2.05) is 6.20 Å². The summed E-state index contributed by atoms with van der Waals surface area (Å²) in [5.74, 6) is 0.986. The molecule has 1 aromatic heterocycles. The van der Waals surface area contributed by atoms with Crippen molar-refractivity contribution in [1.29, 1.82) is 0 Å². The van der Waals surface area contributed by atoms with E-state index in [4.69, 9.17) is 0 Å². The summed E-state index contributed by atoms with van der Waals surface area (Å²) >= 11 is 0. The van der Waals surface area contributed by atoms with Crippen molar-refractivity contribution in [2.75, 3.05) is 0 Å². The molecule has 0 radical (unpaired) electrons. The fraction of sp³-hybridized carbons (Fsp3) is 0.583. The first-order valence-electron chi connectivity index (χ1n) is 6.32. The Labute approximate surface area is 105 Å². The zero-order chi connectivity index (χ0) is 12.5. The number of imidazole rings is 1. The maximum atomic E-state index is 12.0. The van der Waals surface area contributed by atoms with Crippen molar-refractivity contribution in [3.05, 3.63) is 18.2 Å². The van der Waals surface area contributed by atoms with Crippen molar-refractivity contribution >= 4 is 11.8 Å². The number of fused-ring (bicyclic) bond motifs is 1. The SMILES string of the molecule is O=C1CC[C@@H](C(=O)N[C@H]2CCc3nccn3C2)N1. The average Bonchev–Trinajstić information content (AvgIpc) is 2.96. The van der Waals surface area contributed by atoms with Gasteiger partial charge >= 0.3 is 0 Å². The van der Waals surface area contributed by atoms with Gasteiger partial charge in [-0.3, -0.25) is 9.59 Å². The summed E-state index contributed by atoms with van der Waals surface area (Å²) in [5.41, 5.74) is 0. The van der Waals surface area contributed by atoms with Crippen LogP contribution < -0.4 is 10.6 Å². The van der Waals surface area contributed by atoms with Gasteiger partial charge in [0.25, 0.3) is 0 Å². The molecule has 18 heavy (non-hydrogen) atoms. The molecule has 0 bridgehead atoms. The highest BCUT2D eigenvalue weighted by molar-refractivity contribution is 5.90. The van der Waals surface area contributed by atoms with Gasteiger partial charge in [0.1, 0.15) is 11.9 Å². The van der Waals surface area contributed by atoms with Crippen LogP contribution in [0.25, 0.3) is 0 Å². The third-order valence-corrected chi connectivity index (χ3v) is 3.59. The second kappa shape index (κ2) is 4.44. The predicted molar refractivity (Wildman–Crippen MR) is 63.6 cm³/mol. The fourth-order valence-electron chi connectivity index (χ4n) is 2.60. The largest absolute Gasteiger partial charge is 0.350 e. The van der Waals surface area contributed by atoms with Gasteiger partial charge < -0.3 is 15.2 Å². The lowest BCUT2D eigenvalue weighted by Crippen LogP contribution is -2.48. The highest BCUT2D eigenvalue weighted by Crippen LogP contribution is 2.14. The summed E-state index contributed by atoms with van der Waals surface area (Å²) in [6.07, 6.45) is 6.57. The minimum absolute atomic E-state index is 0.0318. The lowest BCUT2D eigenvalue weighted by atomic mass is 10.1. The summed E-state index contributed by atoms with van der Waals surface area (Å²) < 4.78 is 2.07.